The fourth-order valence-corrected chi connectivity index (χ4v) is 8.69. The number of fused-ring (bicyclic) bond motifs is 6. The highest BCUT2D eigenvalue weighted by molar-refractivity contribution is 5.74. The SMILES string of the molecule is CCOC(=O)CC1(O)CC2COCC(C1O)N2C(=O)OC(C)(C)C.CCOC(=O)CC1(O)CC2COCC(N2)C1O.CCOC(=O)CC1=CC2COCC(C1)N2C(=O)OC(C)(C)C. The molecule has 0 spiro atoms. The van der Waals surface area contributed by atoms with E-state index in [0.717, 1.165) is 5.57 Å². The molecule has 10 unspecified atom stereocenters. The number of hydrogen-bond acceptors (Lipinski definition) is 18. The van der Waals surface area contributed by atoms with Crippen molar-refractivity contribution in [1.82, 2.24) is 15.1 Å². The van der Waals surface area contributed by atoms with Crippen molar-refractivity contribution >= 4 is 30.1 Å². The molecule has 20 heteroatoms. The van der Waals surface area contributed by atoms with E-state index in [9.17, 15) is 44.4 Å². The number of hydrogen-bond donors (Lipinski definition) is 5. The van der Waals surface area contributed by atoms with Crippen LogP contribution in [0.15, 0.2) is 11.6 Å². The fraction of sp³-hybridized carbons (Fsp3) is 0.837. The summed E-state index contributed by atoms with van der Waals surface area (Å²) in [6.07, 6.45) is -0.557. The Bertz CT molecular complexity index is 1620. The van der Waals surface area contributed by atoms with Gasteiger partial charge in [-0.25, -0.2) is 9.59 Å². The van der Waals surface area contributed by atoms with Crippen molar-refractivity contribution in [2.45, 2.75) is 172 Å². The molecule has 5 saturated heterocycles. The molecule has 360 valence electrons. The van der Waals surface area contributed by atoms with Gasteiger partial charge in [0, 0.05) is 12.5 Å². The van der Waals surface area contributed by atoms with E-state index in [0.29, 0.717) is 45.9 Å². The normalized spacial score (nSPS) is 32.2. The van der Waals surface area contributed by atoms with Crippen LogP contribution in [0.1, 0.15) is 101 Å². The molecule has 6 aliphatic rings. The molecule has 0 aromatic carbocycles. The van der Waals surface area contributed by atoms with E-state index in [1.165, 1.54) is 4.90 Å². The first kappa shape index (κ1) is 52.0. The lowest BCUT2D eigenvalue weighted by Gasteiger charge is -2.53. The van der Waals surface area contributed by atoms with Gasteiger partial charge in [0.25, 0.3) is 0 Å². The zero-order chi connectivity index (χ0) is 46.9. The average molecular weight is 902 g/mol. The van der Waals surface area contributed by atoms with Crippen LogP contribution in [0.2, 0.25) is 0 Å². The summed E-state index contributed by atoms with van der Waals surface area (Å²) in [6.45, 7) is 18.9. The number of nitrogens with zero attached hydrogens (tertiary/aromatic N) is 2. The Morgan fingerprint density at radius 1 is 0.683 bits per heavy atom. The van der Waals surface area contributed by atoms with E-state index in [4.69, 9.17) is 37.9 Å². The Hall–Kier alpha value is -3.63. The minimum atomic E-state index is -1.65. The van der Waals surface area contributed by atoms with Crippen LogP contribution >= 0.6 is 0 Å². The number of aliphatic hydroxyl groups is 4. The van der Waals surface area contributed by atoms with Gasteiger partial charge in [0.2, 0.25) is 0 Å². The highest BCUT2D eigenvalue weighted by atomic mass is 16.6. The average Bonchev–Trinajstić information content (AvgIpc) is 3.15. The maximum atomic E-state index is 12.5. The number of esters is 3. The largest absolute Gasteiger partial charge is 0.466 e. The highest BCUT2D eigenvalue weighted by Crippen LogP contribution is 2.38. The van der Waals surface area contributed by atoms with E-state index in [1.807, 2.05) is 26.8 Å². The topological polar surface area (TPSA) is 259 Å². The smallest absolute Gasteiger partial charge is 0.411 e. The van der Waals surface area contributed by atoms with E-state index in [1.54, 1.807) is 46.4 Å². The lowest BCUT2D eigenvalue weighted by molar-refractivity contribution is -0.207. The Balaban J connectivity index is 0.000000210. The van der Waals surface area contributed by atoms with E-state index in [-0.39, 0.29) is 88.3 Å². The molecule has 10 atom stereocenters. The van der Waals surface area contributed by atoms with Gasteiger partial charge >= 0.3 is 30.1 Å². The number of carbonyl (C=O) groups excluding carboxylic acids is 5. The molecule has 5 fully saturated rings. The summed E-state index contributed by atoms with van der Waals surface area (Å²) in [5, 5.41) is 45.0. The summed E-state index contributed by atoms with van der Waals surface area (Å²) < 4.78 is 41.8. The summed E-state index contributed by atoms with van der Waals surface area (Å²) >= 11 is 0. The number of piperidine rings is 2. The quantitative estimate of drug-likeness (QED) is 0.125. The number of rotatable bonds is 9. The molecule has 6 aliphatic heterocycles. The predicted octanol–water partition coefficient (Wildman–Crippen LogP) is 1.51. The number of aliphatic hydroxyl groups excluding tert-OH is 2. The van der Waals surface area contributed by atoms with E-state index in [2.05, 4.69) is 5.32 Å². The van der Waals surface area contributed by atoms with Gasteiger partial charge in [-0.15, -0.1) is 0 Å². The minimum absolute atomic E-state index is 0.0166. The zero-order valence-electron chi connectivity index (χ0n) is 38.3. The highest BCUT2D eigenvalue weighted by Gasteiger charge is 2.56. The van der Waals surface area contributed by atoms with Crippen LogP contribution in [0, 0.1) is 0 Å². The van der Waals surface area contributed by atoms with Gasteiger partial charge in [-0.05, 0) is 75.2 Å². The van der Waals surface area contributed by atoms with Crippen LogP contribution < -0.4 is 5.32 Å². The van der Waals surface area contributed by atoms with Gasteiger partial charge in [0.15, 0.2) is 0 Å². The molecular weight excluding hydrogens is 830 g/mol. The molecule has 63 heavy (non-hydrogen) atoms. The van der Waals surface area contributed by atoms with Crippen LogP contribution in [0.3, 0.4) is 0 Å². The van der Waals surface area contributed by atoms with Crippen molar-refractivity contribution in [2.24, 2.45) is 0 Å². The molecule has 0 saturated carbocycles. The maximum absolute atomic E-state index is 12.5. The second-order valence-electron chi connectivity index (χ2n) is 18.8. The number of ether oxygens (including phenoxy) is 8. The molecule has 6 rings (SSSR count). The third kappa shape index (κ3) is 14.4. The summed E-state index contributed by atoms with van der Waals surface area (Å²) in [5.41, 5.74) is -3.24. The van der Waals surface area contributed by atoms with Crippen molar-refractivity contribution in [3.05, 3.63) is 11.6 Å². The lowest BCUT2D eigenvalue weighted by Crippen LogP contribution is -2.71. The van der Waals surface area contributed by atoms with Crippen molar-refractivity contribution in [2.75, 3.05) is 59.5 Å². The summed E-state index contributed by atoms with van der Waals surface area (Å²) in [6, 6.07) is -1.83. The Morgan fingerprint density at radius 3 is 1.75 bits per heavy atom. The first-order valence-corrected chi connectivity index (χ1v) is 21.9. The first-order valence-electron chi connectivity index (χ1n) is 21.9. The van der Waals surface area contributed by atoms with Gasteiger partial charge < -0.3 is 63.6 Å². The van der Waals surface area contributed by atoms with Gasteiger partial charge in [-0.2, -0.15) is 0 Å². The molecule has 6 bridgehead atoms. The number of amides is 2. The summed E-state index contributed by atoms with van der Waals surface area (Å²) in [5.74, 6) is -1.28. The molecule has 20 nitrogen and oxygen atoms in total. The molecule has 6 heterocycles. The fourth-order valence-electron chi connectivity index (χ4n) is 8.69. The second-order valence-corrected chi connectivity index (χ2v) is 18.8. The molecule has 5 N–H and O–H groups in total. The van der Waals surface area contributed by atoms with Gasteiger partial charge in [-0.3, -0.25) is 24.2 Å². The van der Waals surface area contributed by atoms with Crippen LogP contribution in [0.4, 0.5) is 9.59 Å². The van der Waals surface area contributed by atoms with Crippen LogP contribution in [-0.4, -0.2) is 191 Å². The molecule has 0 radical (unpaired) electrons. The number of carbonyl (C=O) groups is 5. The van der Waals surface area contributed by atoms with Crippen molar-refractivity contribution in [3.8, 4) is 0 Å². The molecule has 0 aromatic heterocycles. The van der Waals surface area contributed by atoms with Crippen LogP contribution in [0.25, 0.3) is 0 Å². The molecule has 0 aromatic rings. The Labute approximate surface area is 369 Å². The molecular formula is C43H71N3O17. The van der Waals surface area contributed by atoms with Gasteiger partial charge in [0.05, 0.1) is 109 Å². The van der Waals surface area contributed by atoms with Gasteiger partial charge in [-0.1, -0.05) is 11.6 Å². The lowest BCUT2D eigenvalue weighted by atomic mass is 9.77. The van der Waals surface area contributed by atoms with E-state index < -0.39 is 64.7 Å². The van der Waals surface area contributed by atoms with Crippen molar-refractivity contribution in [1.29, 1.82) is 0 Å². The predicted molar refractivity (Wildman–Crippen MR) is 222 cm³/mol. The molecule has 2 amide bonds. The van der Waals surface area contributed by atoms with Crippen molar-refractivity contribution < 1.29 is 82.3 Å². The summed E-state index contributed by atoms with van der Waals surface area (Å²) in [7, 11) is 0. The third-order valence-electron chi connectivity index (χ3n) is 11.1. The molecule has 0 aliphatic carbocycles. The zero-order valence-corrected chi connectivity index (χ0v) is 38.3. The first-order chi connectivity index (χ1) is 29.4. The monoisotopic (exact) mass is 901 g/mol. The van der Waals surface area contributed by atoms with Gasteiger partial charge in [0.1, 0.15) is 34.6 Å². The maximum Gasteiger partial charge on any atom is 0.411 e. The Morgan fingerprint density at radius 2 is 1.19 bits per heavy atom. The number of morpholine rings is 3. The minimum Gasteiger partial charge on any atom is -0.466 e. The van der Waals surface area contributed by atoms with E-state index >= 15 is 0 Å². The number of nitrogens with one attached hydrogen (secondary N) is 1. The van der Waals surface area contributed by atoms with Crippen molar-refractivity contribution in [3.63, 3.8) is 0 Å². The summed E-state index contributed by atoms with van der Waals surface area (Å²) in [4.78, 5) is 62.9. The standard InChI is InChI=1S/C16H27NO7.C16H25NO5.C11H19NO5/c1-5-23-12(18)7-16(21)6-10-8-22-9-11(13(16)19)17(10)14(20)24-15(2,3)4;1-5-21-14(18)8-11-6-12-9-20-10-13(7-11)17(12)15(19)22-16(2,3)4;1-2-17-9(13)4-11(15)3-7-5-16-6-8(12-7)10(11)14/h10-11,13,19,21H,5-9H2,1-4H3;6,12-13H,5,7-10H2,1-4H3;7-8,10,12,14-15H,2-6H2,1H3. The van der Waals surface area contributed by atoms with Crippen LogP contribution in [0.5, 0.6) is 0 Å². The van der Waals surface area contributed by atoms with Crippen LogP contribution in [-0.2, 0) is 52.3 Å². The second kappa shape index (κ2) is 22.0. The Kier molecular flexibility index (Phi) is 18.2. The third-order valence-corrected chi connectivity index (χ3v) is 11.1.